The Kier molecular flexibility index (Phi) is 4.86. The molecule has 0 saturated carbocycles. The van der Waals surface area contributed by atoms with Crippen LogP contribution in [0.5, 0.6) is 0 Å². The molecule has 0 bridgehead atoms. The molecule has 0 aromatic carbocycles. The van der Waals surface area contributed by atoms with E-state index in [-0.39, 0.29) is 12.0 Å². The third kappa shape index (κ3) is 3.51. The van der Waals surface area contributed by atoms with Gasteiger partial charge in [0.15, 0.2) is 5.82 Å². The standard InChI is InChI=1S/C12H20N4O3/c1-3-11-14-10(15-19-11)8-16-6-5-13-7-9(16)12(17)18-4-2/h9,13H,3-8H2,1-2H3. The van der Waals surface area contributed by atoms with E-state index in [0.717, 1.165) is 19.5 Å². The van der Waals surface area contributed by atoms with E-state index in [9.17, 15) is 4.79 Å². The zero-order valence-corrected chi connectivity index (χ0v) is 11.4. The number of hydrogen-bond donors (Lipinski definition) is 1. The van der Waals surface area contributed by atoms with Crippen molar-refractivity contribution in [3.05, 3.63) is 11.7 Å². The van der Waals surface area contributed by atoms with Gasteiger partial charge < -0.3 is 14.6 Å². The Morgan fingerprint density at radius 1 is 1.58 bits per heavy atom. The molecule has 0 aliphatic carbocycles. The molecule has 1 aliphatic heterocycles. The van der Waals surface area contributed by atoms with Crippen LogP contribution in [0.3, 0.4) is 0 Å². The molecule has 1 N–H and O–H groups in total. The SMILES string of the molecule is CCOC(=O)C1CNCCN1Cc1noc(CC)n1. The van der Waals surface area contributed by atoms with Crippen LogP contribution < -0.4 is 5.32 Å². The summed E-state index contributed by atoms with van der Waals surface area (Å²) in [7, 11) is 0. The number of ether oxygens (including phenoxy) is 1. The topological polar surface area (TPSA) is 80.5 Å². The first-order chi connectivity index (χ1) is 9.24. The van der Waals surface area contributed by atoms with Crippen molar-refractivity contribution >= 4 is 5.97 Å². The molecule has 1 atom stereocenters. The summed E-state index contributed by atoms with van der Waals surface area (Å²) < 4.78 is 10.2. The van der Waals surface area contributed by atoms with Crippen LogP contribution in [0, 0.1) is 0 Å². The van der Waals surface area contributed by atoms with E-state index >= 15 is 0 Å². The molecule has 7 nitrogen and oxygen atoms in total. The molecule has 1 aromatic heterocycles. The van der Waals surface area contributed by atoms with E-state index < -0.39 is 0 Å². The summed E-state index contributed by atoms with van der Waals surface area (Å²) in [4.78, 5) is 18.2. The number of nitrogens with one attached hydrogen (secondary N) is 1. The molecule has 19 heavy (non-hydrogen) atoms. The van der Waals surface area contributed by atoms with Gasteiger partial charge in [0.05, 0.1) is 13.2 Å². The molecular weight excluding hydrogens is 248 g/mol. The van der Waals surface area contributed by atoms with Crippen molar-refractivity contribution in [1.82, 2.24) is 20.4 Å². The highest BCUT2D eigenvalue weighted by Crippen LogP contribution is 2.10. The molecule has 1 saturated heterocycles. The monoisotopic (exact) mass is 268 g/mol. The average molecular weight is 268 g/mol. The molecule has 2 rings (SSSR count). The Morgan fingerprint density at radius 2 is 2.42 bits per heavy atom. The molecule has 0 radical (unpaired) electrons. The lowest BCUT2D eigenvalue weighted by Gasteiger charge is -2.33. The summed E-state index contributed by atoms with van der Waals surface area (Å²) in [6.07, 6.45) is 0.718. The van der Waals surface area contributed by atoms with Crippen LogP contribution in [-0.2, 0) is 22.5 Å². The molecule has 0 amide bonds. The number of piperazine rings is 1. The first-order valence-corrected chi connectivity index (χ1v) is 6.67. The van der Waals surface area contributed by atoms with Crippen LogP contribution in [-0.4, -0.2) is 53.3 Å². The van der Waals surface area contributed by atoms with E-state index in [1.165, 1.54) is 0 Å². The molecule has 106 valence electrons. The minimum absolute atomic E-state index is 0.200. The maximum absolute atomic E-state index is 11.9. The number of carbonyl (C=O) groups is 1. The van der Waals surface area contributed by atoms with E-state index in [2.05, 4.69) is 15.5 Å². The fraction of sp³-hybridized carbons (Fsp3) is 0.750. The van der Waals surface area contributed by atoms with Gasteiger partial charge in [-0.3, -0.25) is 9.69 Å². The van der Waals surface area contributed by atoms with Gasteiger partial charge >= 0.3 is 5.97 Å². The zero-order chi connectivity index (χ0) is 13.7. The number of aryl methyl sites for hydroxylation is 1. The lowest BCUT2D eigenvalue weighted by molar-refractivity contribution is -0.150. The van der Waals surface area contributed by atoms with Crippen molar-refractivity contribution in [2.45, 2.75) is 32.9 Å². The van der Waals surface area contributed by atoms with Gasteiger partial charge in [0, 0.05) is 26.1 Å². The number of rotatable bonds is 5. The second-order valence-electron chi connectivity index (χ2n) is 4.40. The molecular formula is C12H20N4O3. The third-order valence-electron chi connectivity index (χ3n) is 3.07. The quantitative estimate of drug-likeness (QED) is 0.751. The Hall–Kier alpha value is -1.47. The average Bonchev–Trinajstić information content (AvgIpc) is 2.87. The minimum Gasteiger partial charge on any atom is -0.465 e. The Morgan fingerprint density at radius 3 is 3.11 bits per heavy atom. The van der Waals surface area contributed by atoms with Crippen molar-refractivity contribution in [3.8, 4) is 0 Å². The Bertz CT molecular complexity index is 421. The molecule has 1 aliphatic rings. The summed E-state index contributed by atoms with van der Waals surface area (Å²) in [6, 6.07) is -0.280. The lowest BCUT2D eigenvalue weighted by atomic mass is 10.2. The summed E-state index contributed by atoms with van der Waals surface area (Å²) >= 11 is 0. The number of esters is 1. The maximum Gasteiger partial charge on any atom is 0.324 e. The number of aromatic nitrogens is 2. The van der Waals surface area contributed by atoms with Gasteiger partial charge in [-0.1, -0.05) is 12.1 Å². The predicted molar refractivity (Wildman–Crippen MR) is 67.4 cm³/mol. The normalized spacial score (nSPS) is 20.4. The summed E-state index contributed by atoms with van der Waals surface area (Å²) in [6.45, 7) is 6.87. The van der Waals surface area contributed by atoms with Crippen molar-refractivity contribution in [2.24, 2.45) is 0 Å². The second-order valence-corrected chi connectivity index (χ2v) is 4.40. The van der Waals surface area contributed by atoms with Crippen molar-refractivity contribution in [3.63, 3.8) is 0 Å². The minimum atomic E-state index is -0.280. The number of nitrogens with zero attached hydrogens (tertiary/aromatic N) is 3. The van der Waals surface area contributed by atoms with E-state index in [1.54, 1.807) is 0 Å². The van der Waals surface area contributed by atoms with Crippen molar-refractivity contribution in [2.75, 3.05) is 26.2 Å². The van der Waals surface area contributed by atoms with Crippen LogP contribution in [0.1, 0.15) is 25.6 Å². The first-order valence-electron chi connectivity index (χ1n) is 6.67. The third-order valence-corrected chi connectivity index (χ3v) is 3.07. The van der Waals surface area contributed by atoms with Gasteiger partial charge in [-0.25, -0.2) is 0 Å². The molecule has 1 unspecified atom stereocenters. The van der Waals surface area contributed by atoms with Gasteiger partial charge in [-0.2, -0.15) is 4.98 Å². The molecule has 1 aromatic rings. The largest absolute Gasteiger partial charge is 0.465 e. The van der Waals surface area contributed by atoms with E-state index in [4.69, 9.17) is 9.26 Å². The van der Waals surface area contributed by atoms with Gasteiger partial charge in [0.2, 0.25) is 5.89 Å². The summed E-state index contributed by atoms with van der Waals surface area (Å²) in [5.41, 5.74) is 0. The predicted octanol–water partition coefficient (Wildman–Crippen LogP) is -0.0311. The highest BCUT2D eigenvalue weighted by molar-refractivity contribution is 5.76. The summed E-state index contributed by atoms with van der Waals surface area (Å²) in [5.74, 6) is 1.04. The van der Waals surface area contributed by atoms with E-state index in [0.29, 0.717) is 31.4 Å². The lowest BCUT2D eigenvalue weighted by Crippen LogP contribution is -2.55. The molecule has 2 heterocycles. The molecule has 1 fully saturated rings. The number of carbonyl (C=O) groups excluding carboxylic acids is 1. The van der Waals surface area contributed by atoms with Gasteiger partial charge in [-0.05, 0) is 6.92 Å². The maximum atomic E-state index is 11.9. The zero-order valence-electron chi connectivity index (χ0n) is 11.4. The Balaban J connectivity index is 2.00. The smallest absolute Gasteiger partial charge is 0.324 e. The van der Waals surface area contributed by atoms with Gasteiger partial charge in [0.1, 0.15) is 6.04 Å². The van der Waals surface area contributed by atoms with Crippen LogP contribution in [0.4, 0.5) is 0 Å². The van der Waals surface area contributed by atoms with E-state index in [1.807, 2.05) is 18.7 Å². The Labute approximate surface area is 112 Å². The highest BCUT2D eigenvalue weighted by Gasteiger charge is 2.30. The van der Waals surface area contributed by atoms with Gasteiger partial charge in [0.25, 0.3) is 0 Å². The van der Waals surface area contributed by atoms with Crippen LogP contribution in [0.25, 0.3) is 0 Å². The van der Waals surface area contributed by atoms with Crippen LogP contribution in [0.15, 0.2) is 4.52 Å². The molecule has 7 heteroatoms. The second kappa shape index (κ2) is 6.63. The van der Waals surface area contributed by atoms with Gasteiger partial charge in [-0.15, -0.1) is 0 Å². The van der Waals surface area contributed by atoms with Crippen LogP contribution in [0.2, 0.25) is 0 Å². The summed E-state index contributed by atoms with van der Waals surface area (Å²) in [5, 5.41) is 7.12. The molecule has 0 spiro atoms. The fourth-order valence-corrected chi connectivity index (χ4v) is 2.09. The fourth-order valence-electron chi connectivity index (χ4n) is 2.09. The number of hydrogen-bond acceptors (Lipinski definition) is 7. The first kappa shape index (κ1) is 14.0. The van der Waals surface area contributed by atoms with Crippen molar-refractivity contribution in [1.29, 1.82) is 0 Å². The van der Waals surface area contributed by atoms with Crippen LogP contribution >= 0.6 is 0 Å². The highest BCUT2D eigenvalue weighted by atomic mass is 16.5. The van der Waals surface area contributed by atoms with Crippen molar-refractivity contribution < 1.29 is 14.1 Å².